The highest BCUT2D eigenvalue weighted by molar-refractivity contribution is 5.81. The molecule has 2 aliphatic heterocycles. The van der Waals surface area contributed by atoms with E-state index in [-0.39, 0.29) is 5.91 Å². The summed E-state index contributed by atoms with van der Waals surface area (Å²) in [5.41, 5.74) is 5.03. The first-order valence-corrected chi connectivity index (χ1v) is 10.3. The van der Waals surface area contributed by atoms with E-state index >= 15 is 0 Å². The molecule has 4 rings (SSSR count). The monoisotopic (exact) mass is 379 g/mol. The summed E-state index contributed by atoms with van der Waals surface area (Å²) in [5.74, 6) is 0.0814. The Morgan fingerprint density at radius 1 is 0.964 bits per heavy atom. The van der Waals surface area contributed by atoms with Gasteiger partial charge in [0, 0.05) is 38.4 Å². The molecule has 148 valence electrons. The maximum atomic E-state index is 12.6. The highest BCUT2D eigenvalue weighted by Gasteiger charge is 2.19. The van der Waals surface area contributed by atoms with Gasteiger partial charge in [0.2, 0.25) is 5.91 Å². The lowest BCUT2D eigenvalue weighted by atomic mass is 10.0. The molecule has 0 radical (unpaired) electrons. The second kappa shape index (κ2) is 9.22. The number of amides is 1. The van der Waals surface area contributed by atoms with Crippen LogP contribution in [0.2, 0.25) is 0 Å². The number of hydrogen-bond donors (Lipinski definition) is 1. The van der Waals surface area contributed by atoms with Gasteiger partial charge in [-0.15, -0.1) is 0 Å². The van der Waals surface area contributed by atoms with Gasteiger partial charge in [-0.25, -0.2) is 0 Å². The molecule has 2 aromatic rings. The summed E-state index contributed by atoms with van der Waals surface area (Å²) in [6.07, 6.45) is 2.20. The van der Waals surface area contributed by atoms with E-state index in [0.717, 1.165) is 52.2 Å². The Morgan fingerprint density at radius 3 is 2.57 bits per heavy atom. The minimum Gasteiger partial charge on any atom is -0.379 e. The number of rotatable bonds is 6. The SMILES string of the molecule is O=C(CN1CCCc2ccccc21)NCc1ccccc1CN1CCOCC1. The lowest BCUT2D eigenvalue weighted by molar-refractivity contribution is -0.119. The van der Waals surface area contributed by atoms with E-state index in [4.69, 9.17) is 4.74 Å². The first-order chi connectivity index (χ1) is 13.8. The number of fused-ring (bicyclic) bond motifs is 1. The Labute approximate surface area is 167 Å². The zero-order valence-electron chi connectivity index (χ0n) is 16.4. The topological polar surface area (TPSA) is 44.8 Å². The van der Waals surface area contributed by atoms with Crippen molar-refractivity contribution in [1.29, 1.82) is 0 Å². The number of carbonyl (C=O) groups excluding carboxylic acids is 1. The summed E-state index contributed by atoms with van der Waals surface area (Å²) < 4.78 is 5.44. The standard InChI is InChI=1S/C23H29N3O2/c27-23(18-26-11-5-9-19-6-3-4-10-22(19)26)24-16-20-7-1-2-8-21(20)17-25-12-14-28-15-13-25/h1-4,6-8,10H,5,9,11-18H2,(H,24,27). The minimum atomic E-state index is 0.0814. The molecule has 1 fully saturated rings. The van der Waals surface area contributed by atoms with Gasteiger partial charge in [-0.3, -0.25) is 9.69 Å². The van der Waals surface area contributed by atoms with Crippen LogP contribution in [0.3, 0.4) is 0 Å². The number of ether oxygens (including phenoxy) is 1. The Morgan fingerprint density at radius 2 is 1.71 bits per heavy atom. The largest absolute Gasteiger partial charge is 0.379 e. The third-order valence-corrected chi connectivity index (χ3v) is 5.63. The van der Waals surface area contributed by atoms with Crippen molar-refractivity contribution in [1.82, 2.24) is 10.2 Å². The Kier molecular flexibility index (Phi) is 6.24. The van der Waals surface area contributed by atoms with Crippen molar-refractivity contribution in [3.63, 3.8) is 0 Å². The average molecular weight is 380 g/mol. The number of morpholine rings is 1. The summed E-state index contributed by atoms with van der Waals surface area (Å²) in [5, 5.41) is 3.13. The van der Waals surface area contributed by atoms with Crippen LogP contribution in [0.4, 0.5) is 5.69 Å². The van der Waals surface area contributed by atoms with Crippen molar-refractivity contribution < 1.29 is 9.53 Å². The number of anilines is 1. The zero-order valence-corrected chi connectivity index (χ0v) is 16.4. The van der Waals surface area contributed by atoms with E-state index in [1.54, 1.807) is 0 Å². The molecular formula is C23H29N3O2. The van der Waals surface area contributed by atoms with Crippen LogP contribution in [0, 0.1) is 0 Å². The summed E-state index contributed by atoms with van der Waals surface area (Å²) in [6.45, 7) is 6.39. The fraction of sp³-hybridized carbons (Fsp3) is 0.435. The molecule has 1 amide bonds. The molecule has 2 aliphatic rings. The van der Waals surface area contributed by atoms with E-state index in [9.17, 15) is 4.79 Å². The number of nitrogens with zero attached hydrogens (tertiary/aromatic N) is 2. The van der Waals surface area contributed by atoms with Gasteiger partial charge in [0.05, 0.1) is 19.8 Å². The lowest BCUT2D eigenvalue weighted by Crippen LogP contribution is -2.40. The van der Waals surface area contributed by atoms with Crippen molar-refractivity contribution >= 4 is 11.6 Å². The molecule has 0 atom stereocenters. The number of benzene rings is 2. The second-order valence-corrected chi connectivity index (χ2v) is 7.59. The van der Waals surface area contributed by atoms with Gasteiger partial charge >= 0.3 is 0 Å². The van der Waals surface area contributed by atoms with Crippen LogP contribution < -0.4 is 10.2 Å². The van der Waals surface area contributed by atoms with Crippen LogP contribution in [0.1, 0.15) is 23.1 Å². The van der Waals surface area contributed by atoms with E-state index in [1.165, 1.54) is 22.4 Å². The fourth-order valence-corrected chi connectivity index (χ4v) is 4.08. The first kappa shape index (κ1) is 19.0. The summed E-state index contributed by atoms with van der Waals surface area (Å²) in [7, 11) is 0. The predicted molar refractivity (Wildman–Crippen MR) is 111 cm³/mol. The summed E-state index contributed by atoms with van der Waals surface area (Å²) in [4.78, 5) is 17.2. The molecule has 0 unspecified atom stereocenters. The second-order valence-electron chi connectivity index (χ2n) is 7.59. The minimum absolute atomic E-state index is 0.0814. The highest BCUT2D eigenvalue weighted by atomic mass is 16.5. The molecule has 0 aliphatic carbocycles. The van der Waals surface area contributed by atoms with E-state index in [2.05, 4.69) is 57.6 Å². The van der Waals surface area contributed by atoms with Gasteiger partial charge in [0.15, 0.2) is 0 Å². The zero-order chi connectivity index (χ0) is 19.2. The van der Waals surface area contributed by atoms with Gasteiger partial charge in [-0.1, -0.05) is 42.5 Å². The molecule has 2 aromatic carbocycles. The third-order valence-electron chi connectivity index (χ3n) is 5.63. The average Bonchev–Trinajstić information content (AvgIpc) is 2.74. The van der Waals surface area contributed by atoms with Gasteiger partial charge in [-0.05, 0) is 35.6 Å². The van der Waals surface area contributed by atoms with E-state index in [0.29, 0.717) is 13.1 Å². The molecule has 0 saturated carbocycles. The van der Waals surface area contributed by atoms with Crippen molar-refractivity contribution in [3.8, 4) is 0 Å². The normalized spacial score (nSPS) is 17.2. The Balaban J connectivity index is 1.34. The maximum Gasteiger partial charge on any atom is 0.239 e. The number of carbonyl (C=O) groups is 1. The van der Waals surface area contributed by atoms with Crippen molar-refractivity contribution in [2.24, 2.45) is 0 Å². The van der Waals surface area contributed by atoms with Crippen molar-refractivity contribution in [3.05, 3.63) is 65.2 Å². The number of aryl methyl sites for hydroxylation is 1. The van der Waals surface area contributed by atoms with E-state index < -0.39 is 0 Å². The summed E-state index contributed by atoms with van der Waals surface area (Å²) in [6, 6.07) is 16.8. The molecule has 0 spiro atoms. The number of nitrogens with one attached hydrogen (secondary N) is 1. The van der Waals surface area contributed by atoms with Crippen molar-refractivity contribution in [2.75, 3.05) is 44.3 Å². The van der Waals surface area contributed by atoms with E-state index in [1.807, 2.05) is 6.07 Å². The quantitative estimate of drug-likeness (QED) is 0.838. The Bertz CT molecular complexity index is 802. The molecule has 28 heavy (non-hydrogen) atoms. The van der Waals surface area contributed by atoms with Crippen molar-refractivity contribution in [2.45, 2.75) is 25.9 Å². The molecule has 0 bridgehead atoms. The van der Waals surface area contributed by atoms with Crippen LogP contribution in [0.25, 0.3) is 0 Å². The van der Waals surface area contributed by atoms with Gasteiger partial charge in [0.1, 0.15) is 0 Å². The molecule has 1 saturated heterocycles. The fourth-order valence-electron chi connectivity index (χ4n) is 4.08. The Hall–Kier alpha value is -2.37. The smallest absolute Gasteiger partial charge is 0.239 e. The molecule has 0 aromatic heterocycles. The molecule has 5 heteroatoms. The maximum absolute atomic E-state index is 12.6. The van der Waals surface area contributed by atoms with Crippen LogP contribution >= 0.6 is 0 Å². The first-order valence-electron chi connectivity index (χ1n) is 10.3. The van der Waals surface area contributed by atoms with Gasteiger partial charge in [-0.2, -0.15) is 0 Å². The number of para-hydroxylation sites is 1. The summed E-state index contributed by atoms with van der Waals surface area (Å²) >= 11 is 0. The molecular weight excluding hydrogens is 350 g/mol. The van der Waals surface area contributed by atoms with Crippen LogP contribution in [-0.2, 0) is 29.0 Å². The third kappa shape index (κ3) is 4.72. The van der Waals surface area contributed by atoms with Crippen LogP contribution in [0.15, 0.2) is 48.5 Å². The highest BCUT2D eigenvalue weighted by Crippen LogP contribution is 2.26. The van der Waals surface area contributed by atoms with Crippen LogP contribution in [-0.4, -0.2) is 50.2 Å². The molecule has 2 heterocycles. The van der Waals surface area contributed by atoms with Crippen LogP contribution in [0.5, 0.6) is 0 Å². The predicted octanol–water partition coefficient (Wildman–Crippen LogP) is 2.59. The van der Waals surface area contributed by atoms with Gasteiger partial charge < -0.3 is 15.0 Å². The lowest BCUT2D eigenvalue weighted by Gasteiger charge is -2.30. The number of hydrogen-bond acceptors (Lipinski definition) is 4. The van der Waals surface area contributed by atoms with Gasteiger partial charge in [0.25, 0.3) is 0 Å². The molecule has 5 nitrogen and oxygen atoms in total. The molecule has 1 N–H and O–H groups in total.